The second-order valence-corrected chi connectivity index (χ2v) is 7.20. The van der Waals surface area contributed by atoms with Crippen molar-refractivity contribution in [3.05, 3.63) is 29.3 Å². The average Bonchev–Trinajstić information content (AvgIpc) is 2.89. The van der Waals surface area contributed by atoms with Gasteiger partial charge < -0.3 is 4.74 Å². The van der Waals surface area contributed by atoms with Crippen molar-refractivity contribution in [2.75, 3.05) is 17.7 Å². The minimum Gasteiger partial charge on any atom is -0.484 e. The van der Waals surface area contributed by atoms with Crippen molar-refractivity contribution < 1.29 is 9.53 Å². The Balaban J connectivity index is 1.83. The monoisotopic (exact) mass is 337 g/mol. The van der Waals surface area contributed by atoms with Crippen molar-refractivity contribution in [2.45, 2.75) is 31.5 Å². The SMILES string of the molecule is CCCSc1nnc(NC(=O)COc2cc(C)cc(C)c2)s1. The number of ether oxygens (including phenoxy) is 1. The summed E-state index contributed by atoms with van der Waals surface area (Å²) in [5, 5.41) is 11.2. The first-order valence-electron chi connectivity index (χ1n) is 7.04. The molecule has 7 heteroatoms. The van der Waals surface area contributed by atoms with Crippen LogP contribution in [0.25, 0.3) is 0 Å². The number of rotatable bonds is 7. The maximum absolute atomic E-state index is 11.9. The van der Waals surface area contributed by atoms with Gasteiger partial charge in [-0.25, -0.2) is 0 Å². The van der Waals surface area contributed by atoms with Crippen LogP contribution in [-0.4, -0.2) is 28.5 Å². The predicted molar refractivity (Wildman–Crippen MR) is 91.0 cm³/mol. The number of hydrogen-bond donors (Lipinski definition) is 1. The highest BCUT2D eigenvalue weighted by Gasteiger charge is 2.09. The molecule has 0 aliphatic carbocycles. The molecule has 5 nitrogen and oxygen atoms in total. The molecule has 0 fully saturated rings. The van der Waals surface area contributed by atoms with Crippen LogP contribution in [0, 0.1) is 13.8 Å². The van der Waals surface area contributed by atoms with Gasteiger partial charge in [0.2, 0.25) is 5.13 Å². The third kappa shape index (κ3) is 5.31. The Morgan fingerprint density at radius 3 is 2.68 bits per heavy atom. The fourth-order valence-electron chi connectivity index (χ4n) is 1.83. The molecule has 0 saturated carbocycles. The third-order valence-electron chi connectivity index (χ3n) is 2.65. The first kappa shape index (κ1) is 16.8. The largest absolute Gasteiger partial charge is 0.484 e. The Kier molecular flexibility index (Phi) is 6.21. The minimum absolute atomic E-state index is 0.0418. The molecule has 0 unspecified atom stereocenters. The molecule has 0 bridgehead atoms. The molecule has 0 spiro atoms. The van der Waals surface area contributed by atoms with Gasteiger partial charge in [0.05, 0.1) is 0 Å². The Labute approximate surface area is 138 Å². The molecule has 1 amide bonds. The zero-order valence-electron chi connectivity index (χ0n) is 12.9. The van der Waals surface area contributed by atoms with Crippen molar-refractivity contribution in [3.8, 4) is 5.75 Å². The molecule has 0 atom stereocenters. The van der Waals surface area contributed by atoms with Gasteiger partial charge in [-0.05, 0) is 43.5 Å². The van der Waals surface area contributed by atoms with Crippen LogP contribution in [0.2, 0.25) is 0 Å². The second kappa shape index (κ2) is 8.14. The molecule has 22 heavy (non-hydrogen) atoms. The van der Waals surface area contributed by atoms with Crippen molar-refractivity contribution in [1.29, 1.82) is 0 Å². The van der Waals surface area contributed by atoms with Gasteiger partial charge in [0.15, 0.2) is 10.9 Å². The number of thioether (sulfide) groups is 1. The molecule has 118 valence electrons. The first-order chi connectivity index (χ1) is 10.6. The number of aromatic nitrogens is 2. The van der Waals surface area contributed by atoms with Gasteiger partial charge in [0, 0.05) is 5.75 Å². The lowest BCUT2D eigenvalue weighted by Crippen LogP contribution is -2.20. The highest BCUT2D eigenvalue weighted by Crippen LogP contribution is 2.25. The fraction of sp³-hybridized carbons (Fsp3) is 0.400. The molecule has 1 heterocycles. The highest BCUT2D eigenvalue weighted by molar-refractivity contribution is 8.01. The Morgan fingerprint density at radius 1 is 1.27 bits per heavy atom. The molecular weight excluding hydrogens is 318 g/mol. The van der Waals surface area contributed by atoms with E-state index in [1.807, 2.05) is 26.0 Å². The van der Waals surface area contributed by atoms with Gasteiger partial charge in [0.25, 0.3) is 5.91 Å². The van der Waals surface area contributed by atoms with Crippen molar-refractivity contribution in [2.24, 2.45) is 0 Å². The van der Waals surface area contributed by atoms with Crippen LogP contribution in [0.1, 0.15) is 24.5 Å². The number of benzene rings is 1. The number of aryl methyl sites for hydroxylation is 2. The Bertz CT molecular complexity index is 623. The Morgan fingerprint density at radius 2 is 2.00 bits per heavy atom. The van der Waals surface area contributed by atoms with E-state index >= 15 is 0 Å². The van der Waals surface area contributed by atoms with Crippen LogP contribution >= 0.6 is 23.1 Å². The standard InChI is InChI=1S/C15H19N3O2S2/c1-4-5-21-15-18-17-14(22-15)16-13(19)9-20-12-7-10(2)6-11(3)8-12/h6-8H,4-5,9H2,1-3H3,(H,16,17,19). The summed E-state index contributed by atoms with van der Waals surface area (Å²) in [6.45, 7) is 6.06. The second-order valence-electron chi connectivity index (χ2n) is 4.88. The number of carbonyl (C=O) groups is 1. The fourth-order valence-corrected chi connectivity index (χ4v) is 3.52. The lowest BCUT2D eigenvalue weighted by atomic mass is 10.1. The number of carbonyl (C=O) groups excluding carboxylic acids is 1. The summed E-state index contributed by atoms with van der Waals surface area (Å²) in [4.78, 5) is 11.9. The van der Waals surface area contributed by atoms with E-state index in [2.05, 4.69) is 28.5 Å². The van der Waals surface area contributed by atoms with E-state index in [1.165, 1.54) is 11.3 Å². The number of nitrogens with one attached hydrogen (secondary N) is 1. The summed E-state index contributed by atoms with van der Waals surface area (Å²) >= 11 is 3.03. The lowest BCUT2D eigenvalue weighted by molar-refractivity contribution is -0.118. The quantitative estimate of drug-likeness (QED) is 0.617. The molecule has 1 aromatic carbocycles. The molecular formula is C15H19N3O2S2. The van der Waals surface area contributed by atoms with Gasteiger partial charge >= 0.3 is 0 Å². The predicted octanol–water partition coefficient (Wildman–Crippen LogP) is 3.67. The number of nitrogens with zero attached hydrogens (tertiary/aromatic N) is 2. The highest BCUT2D eigenvalue weighted by atomic mass is 32.2. The zero-order valence-corrected chi connectivity index (χ0v) is 14.5. The normalized spacial score (nSPS) is 10.5. The smallest absolute Gasteiger partial charge is 0.264 e. The lowest BCUT2D eigenvalue weighted by Gasteiger charge is -2.07. The molecule has 2 aromatic rings. The first-order valence-corrected chi connectivity index (χ1v) is 8.84. The van der Waals surface area contributed by atoms with Gasteiger partial charge in [-0.2, -0.15) is 0 Å². The summed E-state index contributed by atoms with van der Waals surface area (Å²) in [6, 6.07) is 5.87. The van der Waals surface area contributed by atoms with Crippen LogP contribution in [-0.2, 0) is 4.79 Å². The summed E-state index contributed by atoms with van der Waals surface area (Å²) in [7, 11) is 0. The zero-order chi connectivity index (χ0) is 15.9. The van der Waals surface area contributed by atoms with E-state index < -0.39 is 0 Å². The van der Waals surface area contributed by atoms with Crippen LogP contribution in [0.4, 0.5) is 5.13 Å². The van der Waals surface area contributed by atoms with Gasteiger partial charge in [-0.1, -0.05) is 36.1 Å². The summed E-state index contributed by atoms with van der Waals surface area (Å²) in [5.41, 5.74) is 2.22. The summed E-state index contributed by atoms with van der Waals surface area (Å²) < 4.78 is 6.38. The summed E-state index contributed by atoms with van der Waals surface area (Å²) in [5.74, 6) is 1.46. The molecule has 1 N–H and O–H groups in total. The van der Waals surface area contributed by atoms with Gasteiger partial charge in [-0.15, -0.1) is 10.2 Å². The molecule has 0 aliphatic heterocycles. The third-order valence-corrected chi connectivity index (χ3v) is 4.83. The van der Waals surface area contributed by atoms with Crippen LogP contribution in [0.3, 0.4) is 0 Å². The Hall–Kier alpha value is -1.60. The van der Waals surface area contributed by atoms with E-state index in [-0.39, 0.29) is 12.5 Å². The maximum atomic E-state index is 11.9. The van der Waals surface area contributed by atoms with Crippen molar-refractivity contribution in [3.63, 3.8) is 0 Å². The molecule has 0 aliphatic rings. The number of hydrogen-bond acceptors (Lipinski definition) is 6. The minimum atomic E-state index is -0.234. The summed E-state index contributed by atoms with van der Waals surface area (Å²) in [6.07, 6.45) is 1.08. The number of amides is 1. The van der Waals surface area contributed by atoms with Crippen LogP contribution in [0.15, 0.2) is 22.5 Å². The maximum Gasteiger partial charge on any atom is 0.264 e. The van der Waals surface area contributed by atoms with Crippen molar-refractivity contribution >= 4 is 34.1 Å². The molecule has 0 saturated heterocycles. The van der Waals surface area contributed by atoms with E-state index in [4.69, 9.17) is 4.74 Å². The van der Waals surface area contributed by atoms with Crippen LogP contribution < -0.4 is 10.1 Å². The van der Waals surface area contributed by atoms with E-state index in [0.29, 0.717) is 10.9 Å². The van der Waals surface area contributed by atoms with E-state index in [0.717, 1.165) is 27.6 Å². The van der Waals surface area contributed by atoms with Gasteiger partial charge in [0.1, 0.15) is 5.75 Å². The average molecular weight is 337 g/mol. The van der Waals surface area contributed by atoms with E-state index in [1.54, 1.807) is 11.8 Å². The molecule has 1 aromatic heterocycles. The van der Waals surface area contributed by atoms with Crippen molar-refractivity contribution in [1.82, 2.24) is 10.2 Å². The number of anilines is 1. The molecule has 2 rings (SSSR count). The molecule has 0 radical (unpaired) electrons. The van der Waals surface area contributed by atoms with Crippen LogP contribution in [0.5, 0.6) is 5.75 Å². The van der Waals surface area contributed by atoms with E-state index in [9.17, 15) is 4.79 Å². The van der Waals surface area contributed by atoms with Gasteiger partial charge in [-0.3, -0.25) is 10.1 Å². The topological polar surface area (TPSA) is 64.1 Å².